The lowest BCUT2D eigenvalue weighted by molar-refractivity contribution is -0.0160. The van der Waals surface area contributed by atoms with E-state index in [1.165, 1.54) is 24.4 Å². The van der Waals surface area contributed by atoms with Crippen molar-refractivity contribution in [1.29, 1.82) is 0 Å². The van der Waals surface area contributed by atoms with Gasteiger partial charge in [0.25, 0.3) is 0 Å². The molecule has 1 saturated heterocycles. The van der Waals surface area contributed by atoms with Crippen LogP contribution in [0.1, 0.15) is 17.4 Å². The molecule has 0 radical (unpaired) electrons. The van der Waals surface area contributed by atoms with E-state index in [4.69, 9.17) is 4.74 Å². The Labute approximate surface area is 154 Å². The van der Waals surface area contributed by atoms with Crippen LogP contribution in [-0.2, 0) is 11.3 Å². The summed E-state index contributed by atoms with van der Waals surface area (Å²) < 4.78 is 46.8. The van der Waals surface area contributed by atoms with Crippen LogP contribution in [0.4, 0.5) is 13.2 Å². The number of aromatic nitrogens is 2. The van der Waals surface area contributed by atoms with Crippen molar-refractivity contribution in [2.24, 2.45) is 0 Å². The average Bonchev–Trinajstić information content (AvgIpc) is 3.14. The standard InChI is InChI=1S/C20H18F3N3O/c21-14-5-6-15(17(23)9-14)18-10-24-20(25-18)19-12-27-8-7-26(19)11-13-3-1-2-4-16(13)22/h1-6,9-10,19H,7-8,11-12H2,(H,24,25)/t19-/m0/s1. The van der Waals surface area contributed by atoms with E-state index >= 15 is 0 Å². The zero-order valence-electron chi connectivity index (χ0n) is 14.5. The maximum Gasteiger partial charge on any atom is 0.135 e. The number of benzene rings is 2. The Balaban J connectivity index is 1.59. The first kappa shape index (κ1) is 17.8. The SMILES string of the molecule is Fc1ccc(-c2cnc([C@@H]3COCCN3Cc3ccccc3F)[nH]2)c(F)c1. The average molecular weight is 373 g/mol. The molecule has 0 bridgehead atoms. The highest BCUT2D eigenvalue weighted by Gasteiger charge is 2.28. The smallest absolute Gasteiger partial charge is 0.135 e. The summed E-state index contributed by atoms with van der Waals surface area (Å²) in [4.78, 5) is 9.54. The first-order valence-corrected chi connectivity index (χ1v) is 8.67. The predicted molar refractivity (Wildman–Crippen MR) is 94.3 cm³/mol. The normalized spacial score (nSPS) is 18.0. The molecule has 4 nitrogen and oxygen atoms in total. The Morgan fingerprint density at radius 1 is 1.11 bits per heavy atom. The number of halogens is 3. The van der Waals surface area contributed by atoms with E-state index in [0.29, 0.717) is 43.4 Å². The molecular weight excluding hydrogens is 355 g/mol. The lowest BCUT2D eigenvalue weighted by Gasteiger charge is -2.34. The maximum absolute atomic E-state index is 14.0. The molecule has 0 unspecified atom stereocenters. The van der Waals surface area contributed by atoms with Gasteiger partial charge in [-0.05, 0) is 18.2 Å². The van der Waals surface area contributed by atoms with Gasteiger partial charge in [0.15, 0.2) is 0 Å². The second-order valence-corrected chi connectivity index (χ2v) is 6.46. The van der Waals surface area contributed by atoms with Gasteiger partial charge in [0.2, 0.25) is 0 Å². The van der Waals surface area contributed by atoms with Gasteiger partial charge in [0.1, 0.15) is 23.3 Å². The van der Waals surface area contributed by atoms with E-state index in [2.05, 4.69) is 14.9 Å². The molecule has 0 saturated carbocycles. The third-order valence-electron chi connectivity index (χ3n) is 4.70. The van der Waals surface area contributed by atoms with Crippen LogP contribution in [0.15, 0.2) is 48.7 Å². The lowest BCUT2D eigenvalue weighted by Crippen LogP contribution is -2.39. The predicted octanol–water partition coefficient (Wildman–Crippen LogP) is 4.07. The first-order chi connectivity index (χ1) is 13.1. The maximum atomic E-state index is 14.0. The number of imidazole rings is 1. The number of morpholine rings is 1. The molecule has 1 atom stereocenters. The quantitative estimate of drug-likeness (QED) is 0.750. The topological polar surface area (TPSA) is 41.1 Å². The number of hydrogen-bond acceptors (Lipinski definition) is 3. The van der Waals surface area contributed by atoms with Crippen molar-refractivity contribution in [3.05, 3.63) is 77.5 Å². The molecule has 0 spiro atoms. The van der Waals surface area contributed by atoms with Crippen LogP contribution in [0.3, 0.4) is 0 Å². The number of rotatable bonds is 4. The minimum absolute atomic E-state index is 0.212. The Morgan fingerprint density at radius 2 is 1.96 bits per heavy atom. The Morgan fingerprint density at radius 3 is 2.78 bits per heavy atom. The summed E-state index contributed by atoms with van der Waals surface area (Å²) in [6.07, 6.45) is 1.52. The molecule has 1 aromatic heterocycles. The highest BCUT2D eigenvalue weighted by molar-refractivity contribution is 5.59. The van der Waals surface area contributed by atoms with Gasteiger partial charge in [-0.25, -0.2) is 18.2 Å². The van der Waals surface area contributed by atoms with E-state index in [1.807, 2.05) is 0 Å². The molecule has 0 aliphatic carbocycles. The molecule has 0 amide bonds. The van der Waals surface area contributed by atoms with E-state index in [-0.39, 0.29) is 17.4 Å². The molecular formula is C20H18F3N3O. The van der Waals surface area contributed by atoms with Crippen molar-refractivity contribution in [1.82, 2.24) is 14.9 Å². The minimum atomic E-state index is -0.659. The summed E-state index contributed by atoms with van der Waals surface area (Å²) in [6.45, 7) is 1.99. The molecule has 2 heterocycles. The van der Waals surface area contributed by atoms with Gasteiger partial charge >= 0.3 is 0 Å². The van der Waals surface area contributed by atoms with Gasteiger partial charge in [0, 0.05) is 30.3 Å². The molecule has 1 fully saturated rings. The van der Waals surface area contributed by atoms with E-state index < -0.39 is 11.6 Å². The third kappa shape index (κ3) is 3.74. The van der Waals surface area contributed by atoms with Crippen molar-refractivity contribution in [3.8, 4) is 11.3 Å². The zero-order chi connectivity index (χ0) is 18.8. The fourth-order valence-electron chi connectivity index (χ4n) is 3.28. The molecule has 4 rings (SSSR count). The second-order valence-electron chi connectivity index (χ2n) is 6.46. The molecule has 27 heavy (non-hydrogen) atoms. The fourth-order valence-corrected chi connectivity index (χ4v) is 3.28. The monoisotopic (exact) mass is 373 g/mol. The Bertz CT molecular complexity index is 944. The lowest BCUT2D eigenvalue weighted by atomic mass is 10.1. The molecule has 7 heteroatoms. The van der Waals surface area contributed by atoms with E-state index in [9.17, 15) is 13.2 Å². The minimum Gasteiger partial charge on any atom is -0.378 e. The number of aromatic amines is 1. The number of ether oxygens (including phenoxy) is 1. The molecule has 140 valence electrons. The summed E-state index contributed by atoms with van der Waals surface area (Å²) in [7, 11) is 0. The molecule has 1 N–H and O–H groups in total. The summed E-state index contributed by atoms with van der Waals surface area (Å²) >= 11 is 0. The van der Waals surface area contributed by atoms with Crippen LogP contribution in [0.25, 0.3) is 11.3 Å². The van der Waals surface area contributed by atoms with Crippen molar-refractivity contribution in [2.75, 3.05) is 19.8 Å². The Hall–Kier alpha value is -2.64. The molecule has 2 aromatic carbocycles. The van der Waals surface area contributed by atoms with Crippen molar-refractivity contribution >= 4 is 0 Å². The van der Waals surface area contributed by atoms with Crippen LogP contribution in [0.2, 0.25) is 0 Å². The second kappa shape index (κ2) is 7.54. The summed E-state index contributed by atoms with van der Waals surface area (Å²) in [6, 6.07) is 9.85. The van der Waals surface area contributed by atoms with Gasteiger partial charge in [-0.3, -0.25) is 4.90 Å². The van der Waals surface area contributed by atoms with Crippen molar-refractivity contribution in [3.63, 3.8) is 0 Å². The van der Waals surface area contributed by atoms with Gasteiger partial charge < -0.3 is 9.72 Å². The van der Waals surface area contributed by atoms with Crippen LogP contribution in [0.5, 0.6) is 0 Å². The van der Waals surface area contributed by atoms with Crippen LogP contribution in [-0.4, -0.2) is 34.6 Å². The van der Waals surface area contributed by atoms with Crippen molar-refractivity contribution < 1.29 is 17.9 Å². The first-order valence-electron chi connectivity index (χ1n) is 8.67. The zero-order valence-corrected chi connectivity index (χ0v) is 14.5. The summed E-state index contributed by atoms with van der Waals surface area (Å²) in [5.74, 6) is -0.943. The van der Waals surface area contributed by atoms with Gasteiger partial charge in [-0.1, -0.05) is 18.2 Å². The van der Waals surface area contributed by atoms with E-state index in [1.54, 1.807) is 18.2 Å². The third-order valence-corrected chi connectivity index (χ3v) is 4.70. The largest absolute Gasteiger partial charge is 0.378 e. The number of nitrogens with zero attached hydrogens (tertiary/aromatic N) is 2. The number of H-pyrrole nitrogens is 1. The van der Waals surface area contributed by atoms with Gasteiger partial charge in [0.05, 0.1) is 31.1 Å². The van der Waals surface area contributed by atoms with E-state index in [0.717, 1.165) is 6.07 Å². The van der Waals surface area contributed by atoms with Crippen LogP contribution in [0, 0.1) is 17.5 Å². The molecule has 1 aliphatic rings. The van der Waals surface area contributed by atoms with Crippen LogP contribution >= 0.6 is 0 Å². The highest BCUT2D eigenvalue weighted by atomic mass is 19.1. The summed E-state index contributed by atoms with van der Waals surface area (Å²) in [5, 5.41) is 0. The molecule has 3 aromatic rings. The summed E-state index contributed by atoms with van der Waals surface area (Å²) in [5.41, 5.74) is 1.30. The van der Waals surface area contributed by atoms with Crippen molar-refractivity contribution in [2.45, 2.75) is 12.6 Å². The fraction of sp³-hybridized carbons (Fsp3) is 0.250. The van der Waals surface area contributed by atoms with Gasteiger partial charge in [-0.2, -0.15) is 0 Å². The number of nitrogens with one attached hydrogen (secondary N) is 1. The highest BCUT2D eigenvalue weighted by Crippen LogP contribution is 2.28. The Kier molecular flexibility index (Phi) is 4.96. The van der Waals surface area contributed by atoms with Gasteiger partial charge in [-0.15, -0.1) is 0 Å². The van der Waals surface area contributed by atoms with Crippen LogP contribution < -0.4 is 0 Å². The number of hydrogen-bond donors (Lipinski definition) is 1. The molecule has 1 aliphatic heterocycles.